The Labute approximate surface area is 103 Å². The van der Waals surface area contributed by atoms with E-state index in [9.17, 15) is 0 Å². The molecule has 0 saturated heterocycles. The van der Waals surface area contributed by atoms with E-state index in [1.54, 1.807) is 0 Å². The SMILES string of the molecule is CC(C)(C)CCOc1ccccc1C(N)=S. The van der Waals surface area contributed by atoms with Crippen molar-refractivity contribution in [2.45, 2.75) is 27.2 Å². The van der Waals surface area contributed by atoms with Gasteiger partial charge >= 0.3 is 0 Å². The maximum absolute atomic E-state index is 5.71. The van der Waals surface area contributed by atoms with Crippen LogP contribution in [0.4, 0.5) is 0 Å². The second kappa shape index (κ2) is 5.30. The van der Waals surface area contributed by atoms with E-state index in [1.807, 2.05) is 24.3 Å². The molecule has 1 rings (SSSR count). The Hall–Kier alpha value is -1.09. The van der Waals surface area contributed by atoms with Crippen molar-refractivity contribution in [3.63, 3.8) is 0 Å². The fraction of sp³-hybridized carbons (Fsp3) is 0.462. The highest BCUT2D eigenvalue weighted by Gasteiger charge is 2.11. The van der Waals surface area contributed by atoms with Crippen molar-refractivity contribution in [3.8, 4) is 5.75 Å². The van der Waals surface area contributed by atoms with Crippen LogP contribution >= 0.6 is 12.2 Å². The molecule has 0 aromatic heterocycles. The number of benzene rings is 1. The van der Waals surface area contributed by atoms with Gasteiger partial charge in [0.25, 0.3) is 0 Å². The van der Waals surface area contributed by atoms with Crippen LogP contribution in [0, 0.1) is 5.41 Å². The lowest BCUT2D eigenvalue weighted by Gasteiger charge is -2.18. The Kier molecular flexibility index (Phi) is 4.30. The largest absolute Gasteiger partial charge is 0.493 e. The third kappa shape index (κ3) is 4.19. The minimum Gasteiger partial charge on any atom is -0.493 e. The Balaban J connectivity index is 2.64. The molecule has 1 aromatic rings. The van der Waals surface area contributed by atoms with Gasteiger partial charge in [-0.1, -0.05) is 45.1 Å². The molecule has 2 nitrogen and oxygen atoms in total. The van der Waals surface area contributed by atoms with E-state index < -0.39 is 0 Å². The molecule has 0 aliphatic rings. The van der Waals surface area contributed by atoms with E-state index in [4.69, 9.17) is 22.7 Å². The molecular weight excluding hydrogens is 218 g/mol. The van der Waals surface area contributed by atoms with Crippen molar-refractivity contribution in [1.29, 1.82) is 0 Å². The first-order chi connectivity index (χ1) is 7.40. The zero-order valence-electron chi connectivity index (χ0n) is 10.1. The van der Waals surface area contributed by atoms with E-state index in [1.165, 1.54) is 0 Å². The fourth-order valence-corrected chi connectivity index (χ4v) is 1.43. The van der Waals surface area contributed by atoms with Crippen LogP contribution in [-0.4, -0.2) is 11.6 Å². The van der Waals surface area contributed by atoms with Crippen molar-refractivity contribution < 1.29 is 4.74 Å². The van der Waals surface area contributed by atoms with Crippen LogP contribution in [0.5, 0.6) is 5.75 Å². The summed E-state index contributed by atoms with van der Waals surface area (Å²) < 4.78 is 5.71. The van der Waals surface area contributed by atoms with Crippen LogP contribution < -0.4 is 10.5 Å². The Morgan fingerprint density at radius 1 is 1.31 bits per heavy atom. The lowest BCUT2D eigenvalue weighted by molar-refractivity contribution is 0.243. The summed E-state index contributed by atoms with van der Waals surface area (Å²) >= 11 is 4.97. The van der Waals surface area contributed by atoms with E-state index in [2.05, 4.69) is 20.8 Å². The third-order valence-electron chi connectivity index (χ3n) is 2.26. The summed E-state index contributed by atoms with van der Waals surface area (Å²) in [5.74, 6) is 0.777. The smallest absolute Gasteiger partial charge is 0.129 e. The zero-order valence-corrected chi connectivity index (χ0v) is 10.9. The number of ether oxygens (including phenoxy) is 1. The first kappa shape index (κ1) is 13.0. The van der Waals surface area contributed by atoms with Crippen molar-refractivity contribution in [2.24, 2.45) is 11.1 Å². The zero-order chi connectivity index (χ0) is 12.2. The molecule has 0 bridgehead atoms. The molecule has 3 heteroatoms. The number of para-hydroxylation sites is 1. The van der Waals surface area contributed by atoms with Gasteiger partial charge in [0, 0.05) is 0 Å². The van der Waals surface area contributed by atoms with Crippen LogP contribution in [0.3, 0.4) is 0 Å². The van der Waals surface area contributed by atoms with Crippen LogP contribution in [0.1, 0.15) is 32.8 Å². The maximum atomic E-state index is 5.71. The molecule has 0 fully saturated rings. The van der Waals surface area contributed by atoms with Crippen LogP contribution in [0.25, 0.3) is 0 Å². The molecule has 0 aliphatic carbocycles. The van der Waals surface area contributed by atoms with Gasteiger partial charge in [0.2, 0.25) is 0 Å². The summed E-state index contributed by atoms with van der Waals surface area (Å²) in [6, 6.07) is 7.62. The molecule has 0 heterocycles. The lowest BCUT2D eigenvalue weighted by atomic mass is 9.93. The summed E-state index contributed by atoms with van der Waals surface area (Å²) in [7, 11) is 0. The summed E-state index contributed by atoms with van der Waals surface area (Å²) in [5, 5.41) is 0. The molecule has 1 aromatic carbocycles. The Morgan fingerprint density at radius 3 is 2.50 bits per heavy atom. The van der Waals surface area contributed by atoms with E-state index in [0.29, 0.717) is 11.6 Å². The standard InChI is InChI=1S/C13H19NOS/c1-13(2,3)8-9-15-11-7-5-4-6-10(11)12(14)16/h4-7H,8-9H2,1-3H3,(H2,14,16). The van der Waals surface area contributed by atoms with Gasteiger partial charge in [0.15, 0.2) is 0 Å². The second-order valence-corrected chi connectivity index (χ2v) is 5.46. The van der Waals surface area contributed by atoms with Gasteiger partial charge in [-0.2, -0.15) is 0 Å². The normalized spacial score (nSPS) is 11.2. The average molecular weight is 237 g/mol. The molecule has 0 saturated carbocycles. The van der Waals surface area contributed by atoms with Crippen molar-refractivity contribution in [3.05, 3.63) is 29.8 Å². The Bertz CT molecular complexity index is 368. The fourth-order valence-electron chi connectivity index (χ4n) is 1.26. The van der Waals surface area contributed by atoms with Crippen molar-refractivity contribution in [2.75, 3.05) is 6.61 Å². The van der Waals surface area contributed by atoms with Gasteiger partial charge in [-0.25, -0.2) is 0 Å². The van der Waals surface area contributed by atoms with Gasteiger partial charge in [0.05, 0.1) is 12.2 Å². The molecular formula is C13H19NOS. The quantitative estimate of drug-likeness (QED) is 0.817. The first-order valence-electron chi connectivity index (χ1n) is 5.42. The number of thiocarbonyl (C=S) groups is 1. The lowest BCUT2D eigenvalue weighted by Crippen LogP contribution is -2.14. The van der Waals surface area contributed by atoms with Gasteiger partial charge in [-0.05, 0) is 24.0 Å². The highest BCUT2D eigenvalue weighted by atomic mass is 32.1. The van der Waals surface area contributed by atoms with Crippen molar-refractivity contribution >= 4 is 17.2 Å². The molecule has 0 aliphatic heterocycles. The van der Waals surface area contributed by atoms with E-state index >= 15 is 0 Å². The predicted molar refractivity (Wildman–Crippen MR) is 71.9 cm³/mol. The van der Waals surface area contributed by atoms with Crippen LogP contribution in [0.15, 0.2) is 24.3 Å². The molecule has 0 radical (unpaired) electrons. The number of nitrogens with two attached hydrogens (primary N) is 1. The number of rotatable bonds is 4. The molecule has 2 N–H and O–H groups in total. The minimum absolute atomic E-state index is 0.276. The predicted octanol–water partition coefficient (Wildman–Crippen LogP) is 3.14. The summed E-state index contributed by atoms with van der Waals surface area (Å²) in [6.45, 7) is 7.25. The molecule has 88 valence electrons. The van der Waals surface area contributed by atoms with Gasteiger partial charge in [0.1, 0.15) is 10.7 Å². The van der Waals surface area contributed by atoms with Gasteiger partial charge in [-0.15, -0.1) is 0 Å². The molecule has 16 heavy (non-hydrogen) atoms. The molecule has 0 spiro atoms. The minimum atomic E-state index is 0.276. The van der Waals surface area contributed by atoms with Crippen molar-refractivity contribution in [1.82, 2.24) is 0 Å². The Morgan fingerprint density at radius 2 is 1.94 bits per heavy atom. The monoisotopic (exact) mass is 237 g/mol. The summed E-state index contributed by atoms with van der Waals surface area (Å²) in [4.78, 5) is 0.381. The van der Waals surface area contributed by atoms with Crippen LogP contribution in [0.2, 0.25) is 0 Å². The highest BCUT2D eigenvalue weighted by Crippen LogP contribution is 2.21. The van der Waals surface area contributed by atoms with Gasteiger partial charge < -0.3 is 10.5 Å². The summed E-state index contributed by atoms with van der Waals surface area (Å²) in [5.41, 5.74) is 6.71. The number of hydrogen-bond donors (Lipinski definition) is 1. The van der Waals surface area contributed by atoms with Gasteiger partial charge in [-0.3, -0.25) is 0 Å². The third-order valence-corrected chi connectivity index (χ3v) is 2.48. The average Bonchev–Trinajstić information content (AvgIpc) is 2.16. The van der Waals surface area contributed by atoms with Crippen LogP contribution in [-0.2, 0) is 0 Å². The molecule has 0 unspecified atom stereocenters. The second-order valence-electron chi connectivity index (χ2n) is 5.02. The first-order valence-corrected chi connectivity index (χ1v) is 5.82. The molecule has 0 amide bonds. The molecule has 0 atom stereocenters. The van der Waals surface area contributed by atoms with E-state index in [-0.39, 0.29) is 5.41 Å². The topological polar surface area (TPSA) is 35.2 Å². The van der Waals surface area contributed by atoms with E-state index in [0.717, 1.165) is 17.7 Å². The summed E-state index contributed by atoms with van der Waals surface area (Å²) in [6.07, 6.45) is 0.999. The maximum Gasteiger partial charge on any atom is 0.129 e. The number of hydrogen-bond acceptors (Lipinski definition) is 2. The highest BCUT2D eigenvalue weighted by molar-refractivity contribution is 7.80.